The molecule has 0 heterocycles. The Kier molecular flexibility index (Phi) is 5.63. The fourth-order valence-corrected chi connectivity index (χ4v) is 2.52. The van der Waals surface area contributed by atoms with E-state index in [9.17, 15) is 13.2 Å². The number of carbonyl (C=O) groups excluding carboxylic acids is 1. The zero-order valence-corrected chi connectivity index (χ0v) is 14.0. The fourth-order valence-electron chi connectivity index (χ4n) is 1.80. The van der Waals surface area contributed by atoms with Crippen molar-refractivity contribution in [2.75, 3.05) is 17.3 Å². The first-order chi connectivity index (χ1) is 10.8. The van der Waals surface area contributed by atoms with Crippen LogP contribution in [0.5, 0.6) is 11.5 Å². The van der Waals surface area contributed by atoms with Crippen LogP contribution in [0, 0.1) is 0 Å². The molecule has 0 aliphatic heterocycles. The second-order valence-corrected chi connectivity index (χ2v) is 7.68. The van der Waals surface area contributed by atoms with E-state index in [1.165, 1.54) is 0 Å². The van der Waals surface area contributed by atoms with E-state index in [4.69, 9.17) is 16.3 Å². The van der Waals surface area contributed by atoms with Gasteiger partial charge in [0.1, 0.15) is 15.6 Å². The fraction of sp³-hybridized carbons (Fsp3) is 0.188. The number of amides is 1. The highest BCUT2D eigenvalue weighted by atomic mass is 35.5. The van der Waals surface area contributed by atoms with Crippen LogP contribution in [0.4, 0.5) is 5.69 Å². The van der Waals surface area contributed by atoms with E-state index >= 15 is 0 Å². The number of halogens is 1. The van der Waals surface area contributed by atoms with E-state index in [1.807, 2.05) is 18.2 Å². The Bertz CT molecular complexity index is 791. The summed E-state index contributed by atoms with van der Waals surface area (Å²) in [6.07, 6.45) is 0.958. The van der Waals surface area contributed by atoms with Gasteiger partial charge in [0.25, 0.3) is 0 Å². The van der Waals surface area contributed by atoms with Crippen molar-refractivity contribution in [3.63, 3.8) is 0 Å². The molecule has 0 unspecified atom stereocenters. The van der Waals surface area contributed by atoms with Gasteiger partial charge in [-0.05, 0) is 30.3 Å². The maximum atomic E-state index is 11.9. The number of hydrogen-bond acceptors (Lipinski definition) is 4. The highest BCUT2D eigenvalue weighted by Crippen LogP contribution is 2.32. The Morgan fingerprint density at radius 2 is 1.87 bits per heavy atom. The molecule has 0 fully saturated rings. The maximum Gasteiger partial charge on any atom is 0.225 e. The van der Waals surface area contributed by atoms with Crippen molar-refractivity contribution < 1.29 is 17.9 Å². The summed E-state index contributed by atoms with van der Waals surface area (Å²) in [5.74, 6) is 0.402. The third-order valence-corrected chi connectivity index (χ3v) is 4.07. The number of para-hydroxylation sites is 1. The number of sulfone groups is 1. The number of hydrogen-bond donors (Lipinski definition) is 1. The lowest BCUT2D eigenvalue weighted by Gasteiger charge is -2.12. The van der Waals surface area contributed by atoms with Gasteiger partial charge in [0.05, 0.1) is 11.4 Å². The summed E-state index contributed by atoms with van der Waals surface area (Å²) in [6, 6.07) is 13.9. The van der Waals surface area contributed by atoms with E-state index in [1.54, 1.807) is 30.3 Å². The molecule has 7 heteroatoms. The molecule has 5 nitrogen and oxygen atoms in total. The van der Waals surface area contributed by atoms with Crippen LogP contribution in [-0.4, -0.2) is 26.3 Å². The quantitative estimate of drug-likeness (QED) is 0.862. The van der Waals surface area contributed by atoms with Crippen molar-refractivity contribution >= 4 is 33.0 Å². The van der Waals surface area contributed by atoms with Crippen LogP contribution in [0.15, 0.2) is 48.5 Å². The van der Waals surface area contributed by atoms with Gasteiger partial charge in [0.2, 0.25) is 5.91 Å². The van der Waals surface area contributed by atoms with Crippen molar-refractivity contribution in [1.29, 1.82) is 0 Å². The molecule has 0 aromatic heterocycles. The number of anilines is 1. The third-order valence-electron chi connectivity index (χ3n) is 2.89. The van der Waals surface area contributed by atoms with Gasteiger partial charge in [-0.15, -0.1) is 0 Å². The highest BCUT2D eigenvalue weighted by molar-refractivity contribution is 7.90. The average molecular weight is 354 g/mol. The first-order valence-electron chi connectivity index (χ1n) is 6.83. The van der Waals surface area contributed by atoms with Crippen LogP contribution >= 0.6 is 11.6 Å². The summed E-state index contributed by atoms with van der Waals surface area (Å²) in [6.45, 7) is 0. The molecular formula is C16H16ClNO4S. The Hall–Kier alpha value is -2.05. The second kappa shape index (κ2) is 7.48. The van der Waals surface area contributed by atoms with Crippen LogP contribution in [0.2, 0.25) is 5.02 Å². The standard InChI is InChI=1S/C16H16ClNO4S/c1-23(20,21)10-9-16(19)18-14-11-12(17)7-8-15(14)22-13-5-3-2-4-6-13/h2-8,11H,9-10H2,1H3,(H,18,19). The Labute approximate surface area is 140 Å². The van der Waals surface area contributed by atoms with Crippen LogP contribution in [0.25, 0.3) is 0 Å². The average Bonchev–Trinajstić information content (AvgIpc) is 2.48. The van der Waals surface area contributed by atoms with Crippen LogP contribution in [-0.2, 0) is 14.6 Å². The van der Waals surface area contributed by atoms with Crippen molar-refractivity contribution in [2.24, 2.45) is 0 Å². The number of benzene rings is 2. The van der Waals surface area contributed by atoms with E-state index in [-0.39, 0.29) is 12.2 Å². The van der Waals surface area contributed by atoms with Gasteiger partial charge >= 0.3 is 0 Å². The smallest absolute Gasteiger partial charge is 0.225 e. The van der Waals surface area contributed by atoms with Gasteiger partial charge in [-0.1, -0.05) is 29.8 Å². The van der Waals surface area contributed by atoms with Crippen molar-refractivity contribution in [2.45, 2.75) is 6.42 Å². The zero-order valence-electron chi connectivity index (χ0n) is 12.5. The lowest BCUT2D eigenvalue weighted by Crippen LogP contribution is -2.16. The molecule has 1 amide bonds. The Balaban J connectivity index is 2.14. The van der Waals surface area contributed by atoms with E-state index < -0.39 is 15.7 Å². The lowest BCUT2D eigenvalue weighted by atomic mass is 10.2. The summed E-state index contributed by atoms with van der Waals surface area (Å²) >= 11 is 5.95. The summed E-state index contributed by atoms with van der Waals surface area (Å²) in [4.78, 5) is 11.9. The summed E-state index contributed by atoms with van der Waals surface area (Å²) in [5, 5.41) is 3.07. The lowest BCUT2D eigenvalue weighted by molar-refractivity contribution is -0.115. The Morgan fingerprint density at radius 3 is 2.52 bits per heavy atom. The van der Waals surface area contributed by atoms with Gasteiger partial charge in [0.15, 0.2) is 5.75 Å². The molecule has 0 radical (unpaired) electrons. The zero-order chi connectivity index (χ0) is 16.9. The van der Waals surface area contributed by atoms with Crippen LogP contribution in [0.3, 0.4) is 0 Å². The SMILES string of the molecule is CS(=O)(=O)CCC(=O)Nc1cc(Cl)ccc1Oc1ccccc1. The monoisotopic (exact) mass is 353 g/mol. The van der Waals surface area contributed by atoms with E-state index in [0.29, 0.717) is 22.2 Å². The largest absolute Gasteiger partial charge is 0.455 e. The first-order valence-corrected chi connectivity index (χ1v) is 9.27. The molecule has 0 aliphatic carbocycles. The number of ether oxygens (including phenoxy) is 1. The summed E-state index contributed by atoms with van der Waals surface area (Å²) < 4.78 is 28.0. The van der Waals surface area contributed by atoms with Gasteiger partial charge < -0.3 is 10.1 Å². The van der Waals surface area contributed by atoms with Crippen LogP contribution < -0.4 is 10.1 Å². The van der Waals surface area contributed by atoms with Gasteiger partial charge in [0, 0.05) is 17.7 Å². The molecule has 0 atom stereocenters. The molecule has 0 bridgehead atoms. The van der Waals surface area contributed by atoms with Crippen molar-refractivity contribution in [3.8, 4) is 11.5 Å². The summed E-state index contributed by atoms with van der Waals surface area (Å²) in [7, 11) is -3.20. The molecule has 122 valence electrons. The Morgan fingerprint density at radius 1 is 1.17 bits per heavy atom. The topological polar surface area (TPSA) is 72.5 Å². The van der Waals surface area contributed by atoms with E-state index in [0.717, 1.165) is 6.26 Å². The normalized spacial score (nSPS) is 11.0. The molecule has 2 aromatic rings. The third kappa shape index (κ3) is 5.92. The van der Waals surface area contributed by atoms with E-state index in [2.05, 4.69) is 5.32 Å². The number of nitrogens with one attached hydrogen (secondary N) is 1. The molecule has 0 saturated carbocycles. The minimum Gasteiger partial charge on any atom is -0.455 e. The molecule has 23 heavy (non-hydrogen) atoms. The van der Waals surface area contributed by atoms with Gasteiger partial charge in [-0.3, -0.25) is 4.79 Å². The van der Waals surface area contributed by atoms with Crippen molar-refractivity contribution in [3.05, 3.63) is 53.6 Å². The van der Waals surface area contributed by atoms with Crippen molar-refractivity contribution in [1.82, 2.24) is 0 Å². The molecule has 1 N–H and O–H groups in total. The molecule has 0 saturated heterocycles. The minimum absolute atomic E-state index is 0.129. The molecule has 0 aliphatic rings. The predicted octanol–water partition coefficient (Wildman–Crippen LogP) is 3.51. The number of rotatable bonds is 6. The maximum absolute atomic E-state index is 11.9. The van der Waals surface area contributed by atoms with Gasteiger partial charge in [-0.25, -0.2) is 8.42 Å². The highest BCUT2D eigenvalue weighted by Gasteiger charge is 2.12. The minimum atomic E-state index is -3.20. The first kappa shape index (κ1) is 17.3. The molecule has 2 rings (SSSR count). The molecule has 2 aromatic carbocycles. The number of carbonyl (C=O) groups is 1. The van der Waals surface area contributed by atoms with Gasteiger partial charge in [-0.2, -0.15) is 0 Å². The molecule has 0 spiro atoms. The summed E-state index contributed by atoms with van der Waals surface area (Å²) in [5.41, 5.74) is 0.389. The van der Waals surface area contributed by atoms with Crippen LogP contribution in [0.1, 0.15) is 6.42 Å². The second-order valence-electron chi connectivity index (χ2n) is 4.98. The predicted molar refractivity (Wildman–Crippen MR) is 90.9 cm³/mol. The molecular weight excluding hydrogens is 338 g/mol.